The van der Waals surface area contributed by atoms with E-state index in [9.17, 15) is 4.79 Å². The lowest BCUT2D eigenvalue weighted by Gasteiger charge is -2.36. The normalized spacial score (nSPS) is 16.5. The van der Waals surface area contributed by atoms with Gasteiger partial charge in [-0.15, -0.1) is 0 Å². The van der Waals surface area contributed by atoms with E-state index in [1.54, 1.807) is 19.2 Å². The third-order valence-electron chi connectivity index (χ3n) is 5.73. The smallest absolute Gasteiger partial charge is 0.291 e. The van der Waals surface area contributed by atoms with Crippen molar-refractivity contribution in [3.05, 3.63) is 88.9 Å². The third kappa shape index (κ3) is 5.62. The molecule has 1 saturated heterocycles. The van der Waals surface area contributed by atoms with E-state index in [0.29, 0.717) is 18.8 Å². The van der Waals surface area contributed by atoms with Gasteiger partial charge >= 0.3 is 0 Å². The van der Waals surface area contributed by atoms with E-state index in [4.69, 9.17) is 9.15 Å². The summed E-state index contributed by atoms with van der Waals surface area (Å²) in [6.45, 7) is 6.99. The molecular formula is C26H30N4O3. The zero-order valence-corrected chi connectivity index (χ0v) is 19.3. The number of aryl methyl sites for hydroxylation is 2. The molecule has 2 N–H and O–H groups in total. The summed E-state index contributed by atoms with van der Waals surface area (Å²) in [5, 5.41) is 6.31. The van der Waals surface area contributed by atoms with E-state index in [0.717, 1.165) is 24.6 Å². The van der Waals surface area contributed by atoms with Gasteiger partial charge in [0.15, 0.2) is 11.7 Å². The summed E-state index contributed by atoms with van der Waals surface area (Å²) in [6.07, 6.45) is 1.50. The number of nitrogens with zero attached hydrogens (tertiary/aromatic N) is 2. The number of guanidine groups is 1. The molecule has 1 atom stereocenters. The molecule has 1 aliphatic heterocycles. The second-order valence-electron chi connectivity index (χ2n) is 8.20. The standard InChI is InChI=1S/C26H30N4O3/c1-18-9-10-22(19(2)14-18)24-17-30(11-13-33-24)26(27-3)28-16-20-6-4-7-21(15-20)29-25(31)23-8-5-12-32-23/h4-10,12,14-15,24H,11,13,16-17H2,1-3H3,(H,27,28)(H,29,31). The molecule has 7 heteroatoms. The molecule has 4 rings (SSSR count). The number of hydrogen-bond donors (Lipinski definition) is 2. The topological polar surface area (TPSA) is 79.1 Å². The number of hydrogen-bond acceptors (Lipinski definition) is 4. The SMILES string of the molecule is CN=C(NCc1cccc(NC(=O)c2ccco2)c1)N1CCOC(c2ccc(C)cc2C)C1. The van der Waals surface area contributed by atoms with Gasteiger partial charge in [-0.2, -0.15) is 0 Å². The van der Waals surface area contributed by atoms with Gasteiger partial charge in [0.05, 0.1) is 19.4 Å². The van der Waals surface area contributed by atoms with Gasteiger partial charge in [0.2, 0.25) is 0 Å². The van der Waals surface area contributed by atoms with Gasteiger partial charge in [-0.1, -0.05) is 35.9 Å². The third-order valence-corrected chi connectivity index (χ3v) is 5.73. The number of carbonyl (C=O) groups is 1. The van der Waals surface area contributed by atoms with Crippen molar-refractivity contribution in [2.75, 3.05) is 32.1 Å². The summed E-state index contributed by atoms with van der Waals surface area (Å²) in [4.78, 5) is 19.0. The average molecular weight is 447 g/mol. The van der Waals surface area contributed by atoms with Gasteiger partial charge < -0.3 is 24.7 Å². The summed E-state index contributed by atoms with van der Waals surface area (Å²) >= 11 is 0. The molecule has 0 saturated carbocycles. The molecule has 0 spiro atoms. The maximum atomic E-state index is 12.2. The fraction of sp³-hybridized carbons (Fsp3) is 0.308. The molecule has 2 aromatic carbocycles. The maximum absolute atomic E-state index is 12.2. The molecular weight excluding hydrogens is 416 g/mol. The van der Waals surface area contributed by atoms with Crippen LogP contribution in [-0.4, -0.2) is 43.5 Å². The highest BCUT2D eigenvalue weighted by molar-refractivity contribution is 6.02. The molecule has 172 valence electrons. The highest BCUT2D eigenvalue weighted by Crippen LogP contribution is 2.26. The fourth-order valence-corrected chi connectivity index (χ4v) is 4.09. The summed E-state index contributed by atoms with van der Waals surface area (Å²) in [5.74, 6) is 0.842. The summed E-state index contributed by atoms with van der Waals surface area (Å²) in [5.41, 5.74) is 5.47. The first-order valence-electron chi connectivity index (χ1n) is 11.1. The van der Waals surface area contributed by atoms with Crippen LogP contribution in [0.2, 0.25) is 0 Å². The predicted molar refractivity (Wildman–Crippen MR) is 129 cm³/mol. The Morgan fingerprint density at radius 1 is 1.15 bits per heavy atom. The number of amides is 1. The van der Waals surface area contributed by atoms with Crippen LogP contribution < -0.4 is 10.6 Å². The second-order valence-corrected chi connectivity index (χ2v) is 8.20. The number of carbonyl (C=O) groups excluding carboxylic acids is 1. The Morgan fingerprint density at radius 2 is 2.03 bits per heavy atom. The van der Waals surface area contributed by atoms with Crippen LogP contribution in [0.4, 0.5) is 5.69 Å². The summed E-state index contributed by atoms with van der Waals surface area (Å²) in [7, 11) is 1.80. The highest BCUT2D eigenvalue weighted by Gasteiger charge is 2.25. The minimum absolute atomic E-state index is 0.0121. The molecule has 0 bridgehead atoms. The minimum Gasteiger partial charge on any atom is -0.459 e. The van der Waals surface area contributed by atoms with E-state index in [2.05, 4.69) is 52.6 Å². The quantitative estimate of drug-likeness (QED) is 0.451. The minimum atomic E-state index is -0.272. The van der Waals surface area contributed by atoms with Gasteiger partial charge in [-0.25, -0.2) is 0 Å². The Morgan fingerprint density at radius 3 is 2.79 bits per heavy atom. The zero-order chi connectivity index (χ0) is 23.2. The van der Waals surface area contributed by atoms with E-state index >= 15 is 0 Å². The number of ether oxygens (including phenoxy) is 1. The highest BCUT2D eigenvalue weighted by atomic mass is 16.5. The van der Waals surface area contributed by atoms with Crippen LogP contribution in [0, 0.1) is 13.8 Å². The first kappa shape index (κ1) is 22.6. The number of morpholine rings is 1. The van der Waals surface area contributed by atoms with Gasteiger partial charge in [0, 0.05) is 25.8 Å². The van der Waals surface area contributed by atoms with Crippen molar-refractivity contribution < 1.29 is 13.9 Å². The number of nitrogens with one attached hydrogen (secondary N) is 2. The Kier molecular flexibility index (Phi) is 7.10. The van der Waals surface area contributed by atoms with Gasteiger partial charge in [0.1, 0.15) is 6.10 Å². The molecule has 0 radical (unpaired) electrons. The van der Waals surface area contributed by atoms with Crippen LogP contribution in [-0.2, 0) is 11.3 Å². The Hall–Kier alpha value is -3.58. The largest absolute Gasteiger partial charge is 0.459 e. The van der Waals surface area contributed by atoms with Crippen LogP contribution in [0.5, 0.6) is 0 Å². The van der Waals surface area contributed by atoms with Crippen LogP contribution in [0.1, 0.15) is 38.9 Å². The van der Waals surface area contributed by atoms with Crippen molar-refractivity contribution in [3.63, 3.8) is 0 Å². The first-order valence-corrected chi connectivity index (χ1v) is 11.1. The molecule has 1 aromatic heterocycles. The number of anilines is 1. The summed E-state index contributed by atoms with van der Waals surface area (Å²) < 4.78 is 11.2. The molecule has 2 heterocycles. The number of aliphatic imine (C=N–C) groups is 1. The number of rotatable bonds is 5. The Balaban J connectivity index is 1.37. The molecule has 33 heavy (non-hydrogen) atoms. The van der Waals surface area contributed by atoms with Crippen molar-refractivity contribution in [3.8, 4) is 0 Å². The molecule has 7 nitrogen and oxygen atoms in total. The molecule has 1 aliphatic rings. The van der Waals surface area contributed by atoms with Crippen molar-refractivity contribution in [2.24, 2.45) is 4.99 Å². The van der Waals surface area contributed by atoms with Crippen molar-refractivity contribution in [1.29, 1.82) is 0 Å². The lowest BCUT2D eigenvalue weighted by molar-refractivity contribution is -0.00834. The molecule has 0 aliphatic carbocycles. The van der Waals surface area contributed by atoms with Crippen molar-refractivity contribution >= 4 is 17.6 Å². The molecule has 1 fully saturated rings. The fourth-order valence-electron chi connectivity index (χ4n) is 4.09. The lowest BCUT2D eigenvalue weighted by Crippen LogP contribution is -2.48. The van der Waals surface area contributed by atoms with Crippen LogP contribution in [0.3, 0.4) is 0 Å². The Bertz CT molecular complexity index is 1120. The second kappa shape index (κ2) is 10.4. The van der Waals surface area contributed by atoms with Crippen LogP contribution in [0.25, 0.3) is 0 Å². The zero-order valence-electron chi connectivity index (χ0n) is 19.3. The van der Waals surface area contributed by atoms with Crippen molar-refractivity contribution in [2.45, 2.75) is 26.5 Å². The summed E-state index contributed by atoms with van der Waals surface area (Å²) in [6, 6.07) is 17.6. The van der Waals surface area contributed by atoms with E-state index in [1.165, 1.54) is 23.0 Å². The van der Waals surface area contributed by atoms with E-state index in [-0.39, 0.29) is 17.8 Å². The predicted octanol–water partition coefficient (Wildman–Crippen LogP) is 4.30. The van der Waals surface area contributed by atoms with Crippen LogP contribution in [0.15, 0.2) is 70.3 Å². The van der Waals surface area contributed by atoms with E-state index < -0.39 is 0 Å². The average Bonchev–Trinajstić information content (AvgIpc) is 3.35. The van der Waals surface area contributed by atoms with Gasteiger partial charge in [-0.05, 0) is 54.8 Å². The van der Waals surface area contributed by atoms with Crippen molar-refractivity contribution in [1.82, 2.24) is 10.2 Å². The van der Waals surface area contributed by atoms with Gasteiger partial charge in [0.25, 0.3) is 5.91 Å². The first-order chi connectivity index (χ1) is 16.0. The lowest BCUT2D eigenvalue weighted by atomic mass is 10.00. The number of furan rings is 1. The van der Waals surface area contributed by atoms with Crippen LogP contribution >= 0.6 is 0 Å². The molecule has 3 aromatic rings. The number of benzene rings is 2. The van der Waals surface area contributed by atoms with Gasteiger partial charge in [-0.3, -0.25) is 9.79 Å². The van der Waals surface area contributed by atoms with E-state index in [1.807, 2.05) is 24.3 Å². The molecule has 1 unspecified atom stereocenters. The maximum Gasteiger partial charge on any atom is 0.291 e. The Labute approximate surface area is 194 Å². The monoisotopic (exact) mass is 446 g/mol. The molecule has 1 amide bonds.